The van der Waals surface area contributed by atoms with Crippen molar-refractivity contribution in [2.24, 2.45) is 14.1 Å². The van der Waals surface area contributed by atoms with Gasteiger partial charge in [-0.2, -0.15) is 4.68 Å². The zero-order valence-corrected chi connectivity index (χ0v) is 12.9. The fourth-order valence-corrected chi connectivity index (χ4v) is 2.39. The number of hydrogen-bond acceptors (Lipinski definition) is 5. The van der Waals surface area contributed by atoms with Crippen LogP contribution in [0, 0.1) is 0 Å². The van der Waals surface area contributed by atoms with E-state index in [4.69, 9.17) is 5.73 Å². The molecular formula is C14H14N6O4. The van der Waals surface area contributed by atoms with Crippen molar-refractivity contribution in [2.45, 2.75) is 0 Å². The number of H-pyrrole nitrogens is 1. The minimum Gasteiger partial charge on any atom is -0.383 e. The number of benzene rings is 1. The molecule has 0 spiro atoms. The number of hydrogen-bond donors (Lipinski definition) is 2. The van der Waals surface area contributed by atoms with Gasteiger partial charge >= 0.3 is 17.1 Å². The highest BCUT2D eigenvalue weighted by molar-refractivity contribution is 5.50. The second-order valence-corrected chi connectivity index (χ2v) is 5.15. The third-order valence-electron chi connectivity index (χ3n) is 3.72. The molecule has 2 aromatic heterocycles. The predicted molar refractivity (Wildman–Crippen MR) is 86.9 cm³/mol. The number of aromatic nitrogens is 5. The van der Waals surface area contributed by atoms with E-state index in [1.165, 1.54) is 14.1 Å². The second-order valence-electron chi connectivity index (χ2n) is 5.15. The average molecular weight is 330 g/mol. The van der Waals surface area contributed by atoms with E-state index in [1.807, 2.05) is 0 Å². The highest BCUT2D eigenvalue weighted by Gasteiger charge is 2.20. The molecule has 0 aliphatic rings. The molecule has 124 valence electrons. The number of aromatic amines is 1. The van der Waals surface area contributed by atoms with Gasteiger partial charge in [0.2, 0.25) is 0 Å². The zero-order chi connectivity index (χ0) is 17.6. The van der Waals surface area contributed by atoms with Crippen LogP contribution >= 0.6 is 0 Å². The Bertz CT molecular complexity index is 1160. The molecule has 3 N–H and O–H groups in total. The molecule has 0 unspecified atom stereocenters. The second kappa shape index (κ2) is 5.26. The van der Waals surface area contributed by atoms with Crippen molar-refractivity contribution in [3.63, 3.8) is 0 Å². The van der Waals surface area contributed by atoms with Crippen molar-refractivity contribution < 1.29 is 0 Å². The van der Waals surface area contributed by atoms with Gasteiger partial charge in [-0.1, -0.05) is 18.2 Å². The van der Waals surface area contributed by atoms with Gasteiger partial charge in [0.25, 0.3) is 5.56 Å². The van der Waals surface area contributed by atoms with E-state index in [0.717, 1.165) is 18.4 Å². The molecule has 3 rings (SSSR count). The Morgan fingerprint density at radius 2 is 1.54 bits per heavy atom. The minimum atomic E-state index is -0.798. The number of rotatable bonds is 2. The SMILES string of the molecule is Cn1c(N)c(-n2[nH]c(=O)n(-c3ccccc3)c2=O)c(=O)n(C)c1=O. The summed E-state index contributed by atoms with van der Waals surface area (Å²) >= 11 is 0. The van der Waals surface area contributed by atoms with Crippen LogP contribution in [-0.4, -0.2) is 23.5 Å². The maximum atomic E-state index is 12.6. The first kappa shape index (κ1) is 15.3. The summed E-state index contributed by atoms with van der Waals surface area (Å²) in [6.45, 7) is 0. The largest absolute Gasteiger partial charge is 0.383 e. The zero-order valence-electron chi connectivity index (χ0n) is 12.9. The maximum absolute atomic E-state index is 12.6. The van der Waals surface area contributed by atoms with Crippen LogP contribution in [0.5, 0.6) is 0 Å². The molecule has 0 saturated carbocycles. The normalized spacial score (nSPS) is 10.9. The van der Waals surface area contributed by atoms with Crippen molar-refractivity contribution in [1.29, 1.82) is 0 Å². The van der Waals surface area contributed by atoms with Crippen LogP contribution in [0.15, 0.2) is 49.5 Å². The topological polar surface area (TPSA) is 130 Å². The Hall–Kier alpha value is -3.56. The van der Waals surface area contributed by atoms with Gasteiger partial charge in [0.1, 0.15) is 5.82 Å². The van der Waals surface area contributed by atoms with Gasteiger partial charge < -0.3 is 5.73 Å². The third-order valence-corrected chi connectivity index (χ3v) is 3.72. The molecule has 0 aliphatic carbocycles. The number of anilines is 1. The first-order valence-electron chi connectivity index (χ1n) is 6.90. The monoisotopic (exact) mass is 330 g/mol. The van der Waals surface area contributed by atoms with Crippen LogP contribution in [0.4, 0.5) is 5.82 Å². The first-order chi connectivity index (χ1) is 11.3. The Morgan fingerprint density at radius 1 is 0.917 bits per heavy atom. The van der Waals surface area contributed by atoms with Crippen molar-refractivity contribution in [3.8, 4) is 11.4 Å². The molecule has 0 bridgehead atoms. The predicted octanol–water partition coefficient (Wildman–Crippen LogP) is -1.70. The van der Waals surface area contributed by atoms with E-state index in [9.17, 15) is 19.2 Å². The molecule has 0 saturated heterocycles. The van der Waals surface area contributed by atoms with Gasteiger partial charge in [0.05, 0.1) is 5.69 Å². The molecule has 2 heterocycles. The van der Waals surface area contributed by atoms with Crippen LogP contribution in [0.2, 0.25) is 0 Å². The van der Waals surface area contributed by atoms with Crippen LogP contribution in [0.25, 0.3) is 11.4 Å². The van der Waals surface area contributed by atoms with E-state index in [0.29, 0.717) is 5.69 Å². The molecule has 0 atom stereocenters. The first-order valence-corrected chi connectivity index (χ1v) is 6.90. The summed E-state index contributed by atoms with van der Waals surface area (Å²) in [5.74, 6) is -0.230. The Labute approximate surface area is 133 Å². The van der Waals surface area contributed by atoms with E-state index >= 15 is 0 Å². The number of para-hydroxylation sites is 1. The average Bonchev–Trinajstić information content (AvgIpc) is 2.86. The molecule has 24 heavy (non-hydrogen) atoms. The fourth-order valence-electron chi connectivity index (χ4n) is 2.39. The summed E-state index contributed by atoms with van der Waals surface area (Å²) in [6, 6.07) is 8.21. The van der Waals surface area contributed by atoms with Gasteiger partial charge in [-0.05, 0) is 12.1 Å². The van der Waals surface area contributed by atoms with Crippen molar-refractivity contribution >= 4 is 5.82 Å². The lowest BCUT2D eigenvalue weighted by Crippen LogP contribution is -2.42. The third kappa shape index (κ3) is 2.04. The van der Waals surface area contributed by atoms with E-state index in [2.05, 4.69) is 5.10 Å². The molecule has 1 aromatic carbocycles. The smallest absolute Gasteiger partial charge is 0.356 e. The van der Waals surface area contributed by atoms with Gasteiger partial charge in [-0.15, -0.1) is 0 Å². The van der Waals surface area contributed by atoms with Gasteiger partial charge in [0.15, 0.2) is 5.69 Å². The van der Waals surface area contributed by atoms with E-state index in [1.54, 1.807) is 30.3 Å². The molecule has 0 radical (unpaired) electrons. The molecule has 10 heteroatoms. The van der Waals surface area contributed by atoms with E-state index in [-0.39, 0.29) is 11.5 Å². The minimum absolute atomic E-state index is 0.230. The fraction of sp³-hybridized carbons (Fsp3) is 0.143. The summed E-state index contributed by atoms with van der Waals surface area (Å²) in [5.41, 5.74) is 2.89. The van der Waals surface area contributed by atoms with Gasteiger partial charge in [-0.25, -0.2) is 24.0 Å². The van der Waals surface area contributed by atoms with Gasteiger partial charge in [0, 0.05) is 14.1 Å². The lowest BCUT2D eigenvalue weighted by atomic mass is 10.3. The number of nitrogen functional groups attached to an aromatic ring is 1. The number of nitrogens with zero attached hydrogens (tertiary/aromatic N) is 4. The lowest BCUT2D eigenvalue weighted by molar-refractivity contribution is 0.669. The Kier molecular flexibility index (Phi) is 3.36. The summed E-state index contributed by atoms with van der Waals surface area (Å²) in [5, 5.41) is 2.29. The van der Waals surface area contributed by atoms with Crippen molar-refractivity contribution in [3.05, 3.63) is 72.1 Å². The summed E-state index contributed by atoms with van der Waals surface area (Å²) in [4.78, 5) is 49.0. The molecule has 0 amide bonds. The summed E-state index contributed by atoms with van der Waals surface area (Å²) < 4.78 is 3.42. The Balaban J connectivity index is 2.40. The Morgan fingerprint density at radius 3 is 2.17 bits per heavy atom. The van der Waals surface area contributed by atoms with Crippen LogP contribution in [0.3, 0.4) is 0 Å². The number of nitrogens with one attached hydrogen (secondary N) is 1. The molecular weight excluding hydrogens is 316 g/mol. The summed E-state index contributed by atoms with van der Waals surface area (Å²) in [7, 11) is 2.61. The quantitative estimate of drug-likeness (QED) is 0.578. The standard InChI is InChI=1S/C14H14N6O4/c1-17-10(15)9(11(21)18(2)13(17)23)20-14(24)19(12(22)16-20)8-6-4-3-5-7-8/h3-7H,15H2,1-2H3,(H,16,22). The van der Waals surface area contributed by atoms with E-state index < -0.39 is 22.6 Å². The van der Waals surface area contributed by atoms with Crippen LogP contribution in [-0.2, 0) is 14.1 Å². The van der Waals surface area contributed by atoms with Crippen LogP contribution in [0.1, 0.15) is 0 Å². The van der Waals surface area contributed by atoms with Crippen LogP contribution < -0.4 is 28.4 Å². The van der Waals surface area contributed by atoms with Crippen molar-refractivity contribution in [1.82, 2.24) is 23.5 Å². The maximum Gasteiger partial charge on any atom is 0.356 e. The molecule has 10 nitrogen and oxygen atoms in total. The van der Waals surface area contributed by atoms with Crippen molar-refractivity contribution in [2.75, 3.05) is 5.73 Å². The number of nitrogens with two attached hydrogens (primary N) is 1. The molecule has 3 aromatic rings. The summed E-state index contributed by atoms with van der Waals surface area (Å²) in [6.07, 6.45) is 0. The highest BCUT2D eigenvalue weighted by atomic mass is 16.2. The lowest BCUT2D eigenvalue weighted by Gasteiger charge is -2.10. The highest BCUT2D eigenvalue weighted by Crippen LogP contribution is 2.06. The molecule has 0 aliphatic heterocycles. The molecule has 0 fully saturated rings. The van der Waals surface area contributed by atoms with Gasteiger partial charge in [-0.3, -0.25) is 13.9 Å².